The zero-order chi connectivity index (χ0) is 12.0. The number of hydrogen-bond donors (Lipinski definition) is 2. The van der Waals surface area contributed by atoms with Crippen molar-refractivity contribution in [2.75, 3.05) is 19.7 Å². The predicted molar refractivity (Wildman–Crippen MR) is 68.6 cm³/mol. The van der Waals surface area contributed by atoms with Crippen LogP contribution in [0.2, 0.25) is 0 Å². The fraction of sp³-hybridized carbons (Fsp3) is 1.00. The molecule has 1 aliphatic heterocycles. The minimum Gasteiger partial charge on any atom is -0.395 e. The molecule has 0 spiro atoms. The number of likely N-dealkylation sites (tertiary alicyclic amines) is 1. The zero-order valence-corrected chi connectivity index (χ0v) is 11.1. The highest BCUT2D eigenvalue weighted by Gasteiger charge is 2.26. The highest BCUT2D eigenvalue weighted by molar-refractivity contribution is 4.83. The summed E-state index contributed by atoms with van der Waals surface area (Å²) >= 11 is 0. The summed E-state index contributed by atoms with van der Waals surface area (Å²) in [6.45, 7) is 9.01. The topological polar surface area (TPSA) is 35.5 Å². The van der Waals surface area contributed by atoms with Gasteiger partial charge < -0.3 is 10.4 Å². The summed E-state index contributed by atoms with van der Waals surface area (Å²) in [7, 11) is 0. The molecule has 1 heterocycles. The molecule has 0 aliphatic carbocycles. The summed E-state index contributed by atoms with van der Waals surface area (Å²) in [5.74, 6) is 0. The predicted octanol–water partition coefficient (Wildman–Crippen LogP) is 1.61. The standard InChI is InChI=1S/C13H28N2O/c1-4-8-14-13(10-16)9-15-11(2)6-5-7-12(15)3/h11-14,16H,4-10H2,1-3H3. The maximum absolute atomic E-state index is 9.37. The molecule has 0 bridgehead atoms. The largest absolute Gasteiger partial charge is 0.395 e. The summed E-state index contributed by atoms with van der Waals surface area (Å²) < 4.78 is 0. The molecule has 0 aromatic rings. The van der Waals surface area contributed by atoms with Gasteiger partial charge in [0.2, 0.25) is 0 Å². The fourth-order valence-electron chi connectivity index (χ4n) is 2.62. The van der Waals surface area contributed by atoms with E-state index in [0.717, 1.165) is 19.5 Å². The number of aliphatic hydroxyl groups excluding tert-OH is 1. The van der Waals surface area contributed by atoms with Gasteiger partial charge in [0.05, 0.1) is 6.61 Å². The molecule has 16 heavy (non-hydrogen) atoms. The van der Waals surface area contributed by atoms with E-state index in [1.807, 2.05) is 0 Å². The average molecular weight is 228 g/mol. The third-order valence-electron chi connectivity index (χ3n) is 3.71. The Morgan fingerprint density at radius 2 is 1.94 bits per heavy atom. The molecule has 3 nitrogen and oxygen atoms in total. The molecule has 1 saturated heterocycles. The molecule has 1 aliphatic rings. The molecule has 0 saturated carbocycles. The van der Waals surface area contributed by atoms with Crippen molar-refractivity contribution in [1.29, 1.82) is 0 Å². The van der Waals surface area contributed by atoms with Gasteiger partial charge in [-0.2, -0.15) is 0 Å². The molecule has 96 valence electrons. The molecule has 3 atom stereocenters. The van der Waals surface area contributed by atoms with Gasteiger partial charge in [-0.1, -0.05) is 13.3 Å². The van der Waals surface area contributed by atoms with E-state index in [0.29, 0.717) is 12.1 Å². The second-order valence-corrected chi connectivity index (χ2v) is 5.16. The second-order valence-electron chi connectivity index (χ2n) is 5.16. The lowest BCUT2D eigenvalue weighted by molar-refractivity contribution is 0.0784. The average Bonchev–Trinajstić information content (AvgIpc) is 2.28. The molecule has 3 heteroatoms. The summed E-state index contributed by atoms with van der Waals surface area (Å²) in [4.78, 5) is 2.55. The Balaban J connectivity index is 2.41. The van der Waals surface area contributed by atoms with Crippen molar-refractivity contribution in [3.05, 3.63) is 0 Å². The zero-order valence-electron chi connectivity index (χ0n) is 11.1. The fourth-order valence-corrected chi connectivity index (χ4v) is 2.62. The van der Waals surface area contributed by atoms with Crippen LogP contribution in [0, 0.1) is 0 Å². The molecule has 0 aromatic heterocycles. The van der Waals surface area contributed by atoms with Crippen LogP contribution in [0.5, 0.6) is 0 Å². The van der Waals surface area contributed by atoms with Crippen LogP contribution in [-0.2, 0) is 0 Å². The van der Waals surface area contributed by atoms with Crippen LogP contribution in [-0.4, -0.2) is 47.8 Å². The second kappa shape index (κ2) is 7.25. The first-order valence-corrected chi connectivity index (χ1v) is 6.79. The number of piperidine rings is 1. The van der Waals surface area contributed by atoms with Crippen molar-refractivity contribution in [2.45, 2.75) is 64.6 Å². The Hall–Kier alpha value is -0.120. The van der Waals surface area contributed by atoms with E-state index in [1.165, 1.54) is 19.3 Å². The molecule has 1 fully saturated rings. The molecule has 0 radical (unpaired) electrons. The Kier molecular flexibility index (Phi) is 6.32. The van der Waals surface area contributed by atoms with E-state index >= 15 is 0 Å². The van der Waals surface area contributed by atoms with Gasteiger partial charge in [0.25, 0.3) is 0 Å². The number of nitrogens with one attached hydrogen (secondary N) is 1. The smallest absolute Gasteiger partial charge is 0.0597 e. The molecule has 1 rings (SSSR count). The minimum atomic E-state index is 0.239. The number of nitrogens with zero attached hydrogens (tertiary/aromatic N) is 1. The van der Waals surface area contributed by atoms with Gasteiger partial charge in [0, 0.05) is 24.7 Å². The van der Waals surface area contributed by atoms with Crippen molar-refractivity contribution < 1.29 is 5.11 Å². The third-order valence-corrected chi connectivity index (χ3v) is 3.71. The van der Waals surface area contributed by atoms with Gasteiger partial charge in [0.15, 0.2) is 0 Å². The van der Waals surface area contributed by atoms with Crippen LogP contribution in [0.1, 0.15) is 46.5 Å². The Morgan fingerprint density at radius 3 is 2.44 bits per heavy atom. The van der Waals surface area contributed by atoms with Crippen LogP contribution in [0.3, 0.4) is 0 Å². The molecular weight excluding hydrogens is 200 g/mol. The van der Waals surface area contributed by atoms with E-state index in [1.54, 1.807) is 0 Å². The molecule has 0 amide bonds. The van der Waals surface area contributed by atoms with Crippen LogP contribution >= 0.6 is 0 Å². The van der Waals surface area contributed by atoms with Gasteiger partial charge in [-0.25, -0.2) is 0 Å². The normalized spacial score (nSPS) is 29.2. The minimum absolute atomic E-state index is 0.239. The first-order chi connectivity index (χ1) is 7.69. The summed E-state index contributed by atoms with van der Waals surface area (Å²) in [5, 5.41) is 12.8. The lowest BCUT2D eigenvalue weighted by Crippen LogP contribution is -2.51. The Morgan fingerprint density at radius 1 is 1.31 bits per heavy atom. The Labute approximate surface area is 100 Å². The van der Waals surface area contributed by atoms with E-state index < -0.39 is 0 Å². The van der Waals surface area contributed by atoms with Crippen LogP contribution in [0.4, 0.5) is 0 Å². The number of aliphatic hydroxyl groups is 1. The molecule has 2 N–H and O–H groups in total. The Bertz CT molecular complexity index is 177. The third kappa shape index (κ3) is 4.04. The van der Waals surface area contributed by atoms with Gasteiger partial charge in [0.1, 0.15) is 0 Å². The maximum atomic E-state index is 9.37. The monoisotopic (exact) mass is 228 g/mol. The molecule has 0 aromatic carbocycles. The lowest BCUT2D eigenvalue weighted by Gasteiger charge is -2.40. The highest BCUT2D eigenvalue weighted by Crippen LogP contribution is 2.22. The lowest BCUT2D eigenvalue weighted by atomic mass is 9.97. The van der Waals surface area contributed by atoms with Crippen molar-refractivity contribution in [3.63, 3.8) is 0 Å². The van der Waals surface area contributed by atoms with E-state index in [-0.39, 0.29) is 12.6 Å². The van der Waals surface area contributed by atoms with Crippen LogP contribution < -0.4 is 5.32 Å². The van der Waals surface area contributed by atoms with Gasteiger partial charge >= 0.3 is 0 Å². The van der Waals surface area contributed by atoms with Crippen molar-refractivity contribution in [1.82, 2.24) is 10.2 Å². The summed E-state index contributed by atoms with van der Waals surface area (Å²) in [6.07, 6.45) is 5.08. The number of rotatable bonds is 6. The highest BCUT2D eigenvalue weighted by atomic mass is 16.3. The van der Waals surface area contributed by atoms with Crippen LogP contribution in [0.25, 0.3) is 0 Å². The van der Waals surface area contributed by atoms with E-state index in [2.05, 4.69) is 31.0 Å². The maximum Gasteiger partial charge on any atom is 0.0597 e. The SMILES string of the molecule is CCCNC(CO)CN1C(C)CCCC1C. The van der Waals surface area contributed by atoms with Gasteiger partial charge in [-0.3, -0.25) is 4.90 Å². The van der Waals surface area contributed by atoms with Crippen molar-refractivity contribution in [2.24, 2.45) is 0 Å². The number of hydrogen-bond acceptors (Lipinski definition) is 3. The van der Waals surface area contributed by atoms with E-state index in [9.17, 15) is 5.11 Å². The van der Waals surface area contributed by atoms with Gasteiger partial charge in [-0.05, 0) is 39.7 Å². The molecular formula is C13H28N2O. The van der Waals surface area contributed by atoms with E-state index in [4.69, 9.17) is 0 Å². The first-order valence-electron chi connectivity index (χ1n) is 6.79. The van der Waals surface area contributed by atoms with Crippen LogP contribution in [0.15, 0.2) is 0 Å². The molecule has 3 unspecified atom stereocenters. The first kappa shape index (κ1) is 13.9. The van der Waals surface area contributed by atoms with Gasteiger partial charge in [-0.15, -0.1) is 0 Å². The quantitative estimate of drug-likeness (QED) is 0.725. The van der Waals surface area contributed by atoms with Crippen molar-refractivity contribution in [3.8, 4) is 0 Å². The summed E-state index contributed by atoms with van der Waals surface area (Å²) in [6, 6.07) is 1.57. The van der Waals surface area contributed by atoms with Crippen molar-refractivity contribution >= 4 is 0 Å². The summed E-state index contributed by atoms with van der Waals surface area (Å²) in [5.41, 5.74) is 0.